The zero-order valence-electron chi connectivity index (χ0n) is 12.6. The van der Waals surface area contributed by atoms with E-state index in [1.54, 1.807) is 0 Å². The van der Waals surface area contributed by atoms with Crippen molar-refractivity contribution in [1.29, 1.82) is 5.26 Å². The van der Waals surface area contributed by atoms with Crippen LogP contribution in [0.25, 0.3) is 0 Å². The van der Waals surface area contributed by atoms with E-state index in [1.165, 1.54) is 0 Å². The summed E-state index contributed by atoms with van der Waals surface area (Å²) in [7, 11) is -1.16. The van der Waals surface area contributed by atoms with E-state index in [1.807, 2.05) is 26.2 Å². The molecule has 2 heterocycles. The highest BCUT2D eigenvalue weighted by molar-refractivity contribution is 7.67. The number of nitriles is 1. The monoisotopic (exact) mass is 305 g/mol. The Morgan fingerprint density at radius 1 is 1.24 bits per heavy atom. The van der Waals surface area contributed by atoms with Gasteiger partial charge in [-0.05, 0) is 20.3 Å². The molecule has 0 saturated heterocycles. The van der Waals surface area contributed by atoms with Gasteiger partial charge < -0.3 is 14.5 Å². The summed E-state index contributed by atoms with van der Waals surface area (Å²) in [5.74, 6) is 0. The van der Waals surface area contributed by atoms with E-state index in [0.717, 1.165) is 35.4 Å². The van der Waals surface area contributed by atoms with Crippen LogP contribution >= 0.6 is 8.15 Å². The summed E-state index contributed by atoms with van der Waals surface area (Å²) in [6.45, 7) is 5.95. The highest BCUT2D eigenvalue weighted by Crippen LogP contribution is 2.35. The van der Waals surface area contributed by atoms with Crippen LogP contribution in [0.5, 0.6) is 0 Å². The van der Waals surface area contributed by atoms with Crippen LogP contribution in [-0.2, 0) is 4.52 Å². The molecule has 0 aliphatic heterocycles. The van der Waals surface area contributed by atoms with Crippen LogP contribution < -0.4 is 11.1 Å². The Morgan fingerprint density at radius 2 is 1.81 bits per heavy atom. The number of aryl methyl sites for hydroxylation is 2. The average molecular weight is 305 g/mol. The van der Waals surface area contributed by atoms with Gasteiger partial charge in [-0.25, -0.2) is 9.97 Å². The number of aromatic nitrogens is 4. The molecule has 21 heavy (non-hydrogen) atoms. The van der Waals surface area contributed by atoms with Gasteiger partial charge in [-0.2, -0.15) is 5.26 Å². The molecular formula is C14H20N5OP. The van der Waals surface area contributed by atoms with E-state index in [-0.39, 0.29) is 6.10 Å². The fourth-order valence-electron chi connectivity index (χ4n) is 1.97. The van der Waals surface area contributed by atoms with Gasteiger partial charge in [0.05, 0.1) is 30.0 Å². The molecule has 0 saturated carbocycles. The standard InChI is InChI=1S/C14H20N5OP/c1-4-5-12(6-7-15)20-21(13-16-8-10(2)18-13)14-17-9-11(3)19-14/h8-9,12H,4-6H2,1-3H3,(H,16,18)(H,17,19). The van der Waals surface area contributed by atoms with Crippen LogP contribution in [0.3, 0.4) is 0 Å². The highest BCUT2D eigenvalue weighted by Gasteiger charge is 2.25. The molecule has 2 aromatic heterocycles. The van der Waals surface area contributed by atoms with Crippen molar-refractivity contribution in [3.63, 3.8) is 0 Å². The maximum atomic E-state index is 8.96. The number of hydrogen-bond acceptors (Lipinski definition) is 4. The molecule has 0 spiro atoms. The fraction of sp³-hybridized carbons (Fsp3) is 0.500. The third kappa shape index (κ3) is 4.13. The second-order valence-corrected chi connectivity index (χ2v) is 6.55. The van der Waals surface area contributed by atoms with Crippen molar-refractivity contribution in [2.75, 3.05) is 0 Å². The van der Waals surface area contributed by atoms with Gasteiger partial charge in [0.25, 0.3) is 0 Å². The fourth-order valence-corrected chi connectivity index (χ4v) is 3.71. The van der Waals surface area contributed by atoms with E-state index in [4.69, 9.17) is 9.79 Å². The van der Waals surface area contributed by atoms with E-state index in [9.17, 15) is 0 Å². The lowest BCUT2D eigenvalue weighted by molar-refractivity contribution is 0.222. The largest absolute Gasteiger partial charge is 0.342 e. The Kier molecular flexibility index (Phi) is 5.49. The molecule has 0 bridgehead atoms. The SMILES string of the molecule is CCCC(CC#N)OP(c1nc(C)c[nH]1)c1nc(C)c[nH]1. The number of H-pyrrole nitrogens is 2. The van der Waals surface area contributed by atoms with Crippen molar-refractivity contribution >= 4 is 19.3 Å². The van der Waals surface area contributed by atoms with Crippen LogP contribution in [0.4, 0.5) is 0 Å². The highest BCUT2D eigenvalue weighted by atomic mass is 31.1. The number of nitrogens with one attached hydrogen (secondary N) is 2. The molecule has 112 valence electrons. The lowest BCUT2D eigenvalue weighted by atomic mass is 10.2. The van der Waals surface area contributed by atoms with Crippen LogP contribution in [0.1, 0.15) is 37.6 Å². The molecule has 2 N–H and O–H groups in total. The first-order valence-corrected chi connectivity index (χ1v) is 8.27. The lowest BCUT2D eigenvalue weighted by Gasteiger charge is -2.19. The molecule has 2 rings (SSSR count). The molecule has 0 radical (unpaired) electrons. The van der Waals surface area contributed by atoms with Gasteiger partial charge in [0, 0.05) is 12.4 Å². The molecule has 1 atom stereocenters. The summed E-state index contributed by atoms with van der Waals surface area (Å²) in [5, 5.41) is 8.96. The maximum Gasteiger partial charge on any atom is 0.167 e. The lowest BCUT2D eigenvalue weighted by Crippen LogP contribution is -2.24. The summed E-state index contributed by atoms with van der Waals surface area (Å²) < 4.78 is 6.18. The van der Waals surface area contributed by atoms with Crippen LogP contribution in [0.2, 0.25) is 0 Å². The molecule has 0 aromatic carbocycles. The molecule has 0 amide bonds. The minimum Gasteiger partial charge on any atom is -0.342 e. The smallest absolute Gasteiger partial charge is 0.167 e. The maximum absolute atomic E-state index is 8.96. The van der Waals surface area contributed by atoms with Crippen molar-refractivity contribution in [2.45, 2.75) is 46.1 Å². The summed E-state index contributed by atoms with van der Waals surface area (Å²) in [5.41, 5.74) is 3.38. The van der Waals surface area contributed by atoms with Crippen molar-refractivity contribution in [1.82, 2.24) is 19.9 Å². The number of hydrogen-bond donors (Lipinski definition) is 2. The molecule has 6 nitrogen and oxygen atoms in total. The second kappa shape index (κ2) is 7.35. The van der Waals surface area contributed by atoms with Crippen molar-refractivity contribution in [3.05, 3.63) is 23.8 Å². The van der Waals surface area contributed by atoms with Gasteiger partial charge in [-0.15, -0.1) is 0 Å². The Balaban J connectivity index is 2.25. The third-order valence-electron chi connectivity index (χ3n) is 2.95. The van der Waals surface area contributed by atoms with Gasteiger partial charge in [-0.3, -0.25) is 0 Å². The first kappa shape index (κ1) is 15.7. The topological polar surface area (TPSA) is 90.4 Å². The van der Waals surface area contributed by atoms with Crippen LogP contribution in [0.15, 0.2) is 12.4 Å². The normalized spacial score (nSPS) is 12.5. The number of rotatable bonds is 7. The second-order valence-electron chi connectivity index (χ2n) is 4.90. The molecule has 1 unspecified atom stereocenters. The molecule has 0 aliphatic rings. The zero-order chi connectivity index (χ0) is 15.2. The van der Waals surface area contributed by atoms with Gasteiger partial charge in [0.15, 0.2) is 19.3 Å². The Hall–Kier alpha value is -1.70. The van der Waals surface area contributed by atoms with Crippen LogP contribution in [0, 0.1) is 25.2 Å². The van der Waals surface area contributed by atoms with E-state index in [0.29, 0.717) is 6.42 Å². The quantitative estimate of drug-likeness (QED) is 0.767. The Labute approximate surface area is 125 Å². The van der Waals surface area contributed by atoms with Crippen molar-refractivity contribution in [2.24, 2.45) is 0 Å². The van der Waals surface area contributed by atoms with Gasteiger partial charge in [0.2, 0.25) is 0 Å². The summed E-state index contributed by atoms with van der Waals surface area (Å²) in [4.78, 5) is 15.3. The van der Waals surface area contributed by atoms with E-state index >= 15 is 0 Å². The third-order valence-corrected chi connectivity index (χ3v) is 4.69. The molecule has 0 aliphatic carbocycles. The summed E-state index contributed by atoms with van der Waals surface area (Å²) in [6, 6.07) is 2.20. The molecule has 7 heteroatoms. The molecule has 2 aromatic rings. The minimum atomic E-state index is -1.16. The van der Waals surface area contributed by atoms with E-state index in [2.05, 4.69) is 32.9 Å². The Morgan fingerprint density at radius 3 is 2.19 bits per heavy atom. The molecular weight excluding hydrogens is 285 g/mol. The summed E-state index contributed by atoms with van der Waals surface area (Å²) >= 11 is 0. The predicted molar refractivity (Wildman–Crippen MR) is 82.8 cm³/mol. The van der Waals surface area contributed by atoms with Crippen molar-refractivity contribution in [3.8, 4) is 6.07 Å². The number of imidazole rings is 2. The zero-order valence-corrected chi connectivity index (χ0v) is 13.4. The van der Waals surface area contributed by atoms with Gasteiger partial charge >= 0.3 is 0 Å². The minimum absolute atomic E-state index is 0.0954. The first-order chi connectivity index (χ1) is 10.1. The van der Waals surface area contributed by atoms with E-state index < -0.39 is 8.15 Å². The Bertz CT molecular complexity index is 575. The van der Waals surface area contributed by atoms with Crippen molar-refractivity contribution < 1.29 is 4.52 Å². The predicted octanol–water partition coefficient (Wildman–Crippen LogP) is 2.20. The van der Waals surface area contributed by atoms with Crippen LogP contribution in [-0.4, -0.2) is 26.0 Å². The number of nitrogens with zero attached hydrogens (tertiary/aromatic N) is 3. The average Bonchev–Trinajstić information content (AvgIpc) is 3.05. The van der Waals surface area contributed by atoms with Gasteiger partial charge in [0.1, 0.15) is 0 Å². The summed E-state index contributed by atoms with van der Waals surface area (Å²) in [6.07, 6.45) is 5.81. The first-order valence-electron chi connectivity index (χ1n) is 7.02. The molecule has 0 fully saturated rings. The number of aromatic amines is 2. The van der Waals surface area contributed by atoms with Gasteiger partial charge in [-0.1, -0.05) is 13.3 Å².